The molecule has 29 heavy (non-hydrogen) atoms. The summed E-state index contributed by atoms with van der Waals surface area (Å²) in [4.78, 5) is 40.2. The smallest absolute Gasteiger partial charge is 0.280 e. The van der Waals surface area contributed by atoms with Gasteiger partial charge in [0, 0.05) is 39.6 Å². The van der Waals surface area contributed by atoms with Crippen molar-refractivity contribution >= 4 is 17.7 Å². The Kier molecular flexibility index (Phi) is 5.47. The number of fused-ring (bicyclic) bond motifs is 5. The molecule has 4 aliphatic rings. The molecule has 0 aromatic rings. The number of piperazine rings is 2. The fourth-order valence-electron chi connectivity index (χ4n) is 3.97. The number of carbonyl (C=O) groups is 3. The van der Waals surface area contributed by atoms with E-state index in [1.54, 1.807) is 4.90 Å². The third-order valence-corrected chi connectivity index (χ3v) is 5.84. The van der Waals surface area contributed by atoms with Crippen LogP contribution in [0.15, 0.2) is 12.2 Å². The Labute approximate surface area is 168 Å². The van der Waals surface area contributed by atoms with Gasteiger partial charge in [-0.05, 0) is 18.9 Å². The van der Waals surface area contributed by atoms with Gasteiger partial charge in [0.15, 0.2) is 0 Å². The quantitative estimate of drug-likeness (QED) is 0.304. The van der Waals surface area contributed by atoms with Gasteiger partial charge in [0.05, 0.1) is 6.61 Å². The van der Waals surface area contributed by atoms with E-state index in [4.69, 9.17) is 4.74 Å². The summed E-state index contributed by atoms with van der Waals surface area (Å²) < 4.78 is 5.54. The number of ether oxygens (including phenoxy) is 1. The molecule has 4 rings (SSSR count). The molecule has 5 N–H and O–H groups in total. The highest BCUT2D eigenvalue weighted by Gasteiger charge is 2.63. The minimum atomic E-state index is -2.29. The van der Waals surface area contributed by atoms with Crippen molar-refractivity contribution < 1.29 is 34.4 Å². The highest BCUT2D eigenvalue weighted by atomic mass is 16.5. The zero-order chi connectivity index (χ0) is 21.6. The number of nitrogens with zero attached hydrogens (tertiary/aromatic N) is 2. The minimum absolute atomic E-state index is 0.0227. The molecule has 11 heteroatoms. The summed E-state index contributed by atoms with van der Waals surface area (Å²) in [5.74, 6) is -2.00. The largest absolute Gasteiger partial charge is 0.386 e. The molecular formula is C18H28N4O7. The Morgan fingerprint density at radius 1 is 1.28 bits per heavy atom. The lowest BCUT2D eigenvalue weighted by Gasteiger charge is -2.50. The molecule has 4 atom stereocenters. The molecule has 0 aromatic heterocycles. The van der Waals surface area contributed by atoms with Gasteiger partial charge in [-0.3, -0.25) is 19.3 Å². The molecule has 0 radical (unpaired) electrons. The van der Waals surface area contributed by atoms with Gasteiger partial charge >= 0.3 is 0 Å². The van der Waals surface area contributed by atoms with E-state index in [0.717, 1.165) is 0 Å². The fourth-order valence-corrected chi connectivity index (χ4v) is 3.97. The van der Waals surface area contributed by atoms with Gasteiger partial charge < -0.3 is 35.6 Å². The maximum Gasteiger partial charge on any atom is 0.280 e. The van der Waals surface area contributed by atoms with E-state index in [0.29, 0.717) is 26.2 Å². The van der Waals surface area contributed by atoms with Gasteiger partial charge in [-0.25, -0.2) is 0 Å². The van der Waals surface area contributed by atoms with E-state index in [1.807, 2.05) is 4.90 Å². The number of carbonyl (C=O) groups excluding carboxylic acids is 3. The number of hydrogen-bond acceptors (Lipinski definition) is 8. The molecule has 4 saturated heterocycles. The van der Waals surface area contributed by atoms with Crippen LogP contribution in [-0.4, -0.2) is 105 Å². The second kappa shape index (κ2) is 7.33. The Bertz CT molecular complexity index is 734. The molecule has 0 aromatic carbocycles. The van der Waals surface area contributed by atoms with Crippen molar-refractivity contribution in [3.63, 3.8) is 0 Å². The van der Waals surface area contributed by atoms with Crippen LogP contribution in [0.3, 0.4) is 0 Å². The van der Waals surface area contributed by atoms with Crippen LogP contribution < -0.4 is 10.6 Å². The predicted octanol–water partition coefficient (Wildman–Crippen LogP) is -3.13. The maximum absolute atomic E-state index is 12.8. The third-order valence-electron chi connectivity index (χ3n) is 5.84. The molecule has 4 fully saturated rings. The zero-order valence-electron chi connectivity index (χ0n) is 16.6. The lowest BCUT2D eigenvalue weighted by atomic mass is 9.84. The van der Waals surface area contributed by atoms with Crippen molar-refractivity contribution in [2.45, 2.75) is 43.4 Å². The van der Waals surface area contributed by atoms with Crippen LogP contribution in [0.2, 0.25) is 0 Å². The number of amides is 3. The van der Waals surface area contributed by atoms with E-state index in [9.17, 15) is 29.7 Å². The normalized spacial score (nSPS) is 34.0. The van der Waals surface area contributed by atoms with E-state index >= 15 is 0 Å². The fraction of sp³-hybridized carbons (Fsp3) is 0.722. The van der Waals surface area contributed by atoms with E-state index in [2.05, 4.69) is 17.2 Å². The summed E-state index contributed by atoms with van der Waals surface area (Å²) in [6.45, 7) is 8.24. The van der Waals surface area contributed by atoms with Crippen LogP contribution in [-0.2, 0) is 19.1 Å². The molecule has 0 aliphatic carbocycles. The molecule has 3 amide bonds. The number of rotatable bonds is 4. The average molecular weight is 412 g/mol. The average Bonchev–Trinajstić information content (AvgIpc) is 2.64. The monoisotopic (exact) mass is 412 g/mol. The maximum atomic E-state index is 12.8. The summed E-state index contributed by atoms with van der Waals surface area (Å²) in [5, 5.41) is 36.8. The van der Waals surface area contributed by atoms with Crippen LogP contribution in [0.1, 0.15) is 20.3 Å². The molecular weight excluding hydrogens is 384 g/mol. The van der Waals surface area contributed by atoms with Crippen molar-refractivity contribution in [3.8, 4) is 0 Å². The zero-order valence-corrected chi connectivity index (χ0v) is 16.6. The van der Waals surface area contributed by atoms with E-state index in [1.165, 1.54) is 13.8 Å². The summed E-state index contributed by atoms with van der Waals surface area (Å²) in [7, 11) is 0. The van der Waals surface area contributed by atoms with Crippen molar-refractivity contribution in [2.24, 2.45) is 0 Å². The predicted molar refractivity (Wildman–Crippen MR) is 99.0 cm³/mol. The Morgan fingerprint density at radius 2 is 1.90 bits per heavy atom. The van der Waals surface area contributed by atoms with Gasteiger partial charge in [0.2, 0.25) is 11.6 Å². The van der Waals surface area contributed by atoms with E-state index in [-0.39, 0.29) is 31.1 Å². The Hall–Kier alpha value is -2.05. The van der Waals surface area contributed by atoms with Gasteiger partial charge in [0.1, 0.15) is 11.7 Å². The molecule has 11 nitrogen and oxygen atoms in total. The highest BCUT2D eigenvalue weighted by molar-refractivity contribution is 6.02. The first-order valence-electron chi connectivity index (χ1n) is 9.50. The first-order valence-corrected chi connectivity index (χ1v) is 9.50. The lowest BCUT2D eigenvalue weighted by Crippen LogP contribution is -2.82. The van der Waals surface area contributed by atoms with Crippen molar-refractivity contribution in [3.05, 3.63) is 12.2 Å². The summed E-state index contributed by atoms with van der Waals surface area (Å²) >= 11 is 0. The molecule has 0 spiro atoms. The molecule has 162 valence electrons. The number of aliphatic hydroxyl groups is 3. The number of β-amino-alcohol motifs (C(OH)–C–C–N with tert-alkyl or cyclic N) is 1. The Morgan fingerprint density at radius 3 is 2.48 bits per heavy atom. The molecule has 0 saturated carbocycles. The van der Waals surface area contributed by atoms with Gasteiger partial charge in [-0.15, -0.1) is 0 Å². The summed E-state index contributed by atoms with van der Waals surface area (Å²) in [6.07, 6.45) is -1.76. The van der Waals surface area contributed by atoms with Gasteiger partial charge in [-0.1, -0.05) is 6.58 Å². The number of aliphatic hydroxyl groups excluding tert-OH is 1. The topological polar surface area (TPSA) is 152 Å². The standard InChI is InChI=1S/C18H28N4O7/c1-11-4-9-29-18(15(26)19-17(11,28)14(25)20-18)13(24)16(3,27)10-21-5-7-22(8-6-21)12(2)23/h13,24,27-28H,1,4-10H2,2-3H3,(H,19,26)(H,20,25)/t13-,16-,17+,18-/m0/s1. The van der Waals surface area contributed by atoms with E-state index < -0.39 is 35.0 Å². The van der Waals surface area contributed by atoms with Crippen LogP contribution in [0, 0.1) is 0 Å². The molecule has 4 aliphatic heterocycles. The van der Waals surface area contributed by atoms with Crippen molar-refractivity contribution in [1.29, 1.82) is 0 Å². The van der Waals surface area contributed by atoms with Crippen molar-refractivity contribution in [1.82, 2.24) is 20.4 Å². The van der Waals surface area contributed by atoms with Crippen LogP contribution in [0.5, 0.6) is 0 Å². The summed E-state index contributed by atoms with van der Waals surface area (Å²) in [6, 6.07) is 0. The van der Waals surface area contributed by atoms with Crippen LogP contribution in [0.4, 0.5) is 0 Å². The van der Waals surface area contributed by atoms with Crippen LogP contribution in [0.25, 0.3) is 0 Å². The van der Waals surface area contributed by atoms with Gasteiger partial charge in [0.25, 0.3) is 17.5 Å². The second-order valence-electron chi connectivity index (χ2n) is 8.10. The molecule has 0 unspecified atom stereocenters. The number of hydrogen-bond donors (Lipinski definition) is 5. The minimum Gasteiger partial charge on any atom is -0.386 e. The molecule has 4 heterocycles. The summed E-state index contributed by atoms with van der Waals surface area (Å²) in [5.41, 5.74) is -6.34. The molecule has 2 bridgehead atoms. The first-order chi connectivity index (χ1) is 13.4. The highest BCUT2D eigenvalue weighted by Crippen LogP contribution is 2.33. The van der Waals surface area contributed by atoms with Crippen LogP contribution >= 0.6 is 0 Å². The first kappa shape index (κ1) is 21.7. The lowest BCUT2D eigenvalue weighted by molar-refractivity contribution is -0.228. The Balaban J connectivity index is 1.78. The van der Waals surface area contributed by atoms with Crippen molar-refractivity contribution in [2.75, 3.05) is 39.3 Å². The second-order valence-corrected chi connectivity index (χ2v) is 8.10. The van der Waals surface area contributed by atoms with Gasteiger partial charge in [-0.2, -0.15) is 0 Å². The SMILES string of the molecule is C=C1CCO[C@]2([C@@H](O)[C@@](C)(O)CN3CCN(C(C)=O)CC3)NC(=O)[C@@]1(O)NC2=O. The number of nitrogens with one attached hydrogen (secondary N) is 2. The third kappa shape index (κ3) is 3.64.